The molecule has 8 nitrogen and oxygen atoms in total. The van der Waals surface area contributed by atoms with Gasteiger partial charge in [0.2, 0.25) is 0 Å². The number of alkyl halides is 2. The molecule has 2 fully saturated rings. The largest absolute Gasteiger partial charge is 0.493 e. The molecule has 76 heavy (non-hydrogen) atoms. The van der Waals surface area contributed by atoms with E-state index in [4.69, 9.17) is 37.9 Å². The Balaban J connectivity index is 1.49. The number of hydrogen-bond acceptors (Lipinski definition) is 8. The fourth-order valence-electron chi connectivity index (χ4n) is 10.4. The molecule has 0 aromatic heterocycles. The molecular weight excluding hydrogens is 1080 g/mol. The monoisotopic (exact) mass is 1170 g/mol. The van der Waals surface area contributed by atoms with E-state index in [0.717, 1.165) is 156 Å². The minimum Gasteiger partial charge on any atom is -0.493 e. The van der Waals surface area contributed by atoms with Gasteiger partial charge < -0.3 is 37.9 Å². The Morgan fingerprint density at radius 1 is 0.368 bits per heavy atom. The Kier molecular flexibility index (Phi) is 21.8. The van der Waals surface area contributed by atoms with Gasteiger partial charge in [0, 0.05) is 62.4 Å². The van der Waals surface area contributed by atoms with Gasteiger partial charge in [0.05, 0.1) is 39.6 Å². The summed E-state index contributed by atoms with van der Waals surface area (Å²) < 4.78 is 53.1. The van der Waals surface area contributed by atoms with Crippen LogP contribution in [0.5, 0.6) is 23.0 Å². The zero-order valence-electron chi connectivity index (χ0n) is 48.8. The molecule has 0 saturated carbocycles. The highest BCUT2D eigenvalue weighted by molar-refractivity contribution is 9.09. The van der Waals surface area contributed by atoms with Gasteiger partial charge in [0.15, 0.2) is 12.6 Å². The number of ether oxygens (including phenoxy) is 8. The number of fused-ring (bicyclic) bond motifs is 8. The van der Waals surface area contributed by atoms with Crippen molar-refractivity contribution in [2.75, 3.05) is 63.5 Å². The molecule has 2 unspecified atom stereocenters. The van der Waals surface area contributed by atoms with E-state index in [1.807, 2.05) is 0 Å². The Labute approximate surface area is 476 Å². The van der Waals surface area contributed by atoms with E-state index in [1.165, 1.54) is 22.3 Å². The van der Waals surface area contributed by atoms with E-state index in [9.17, 15) is 0 Å². The molecule has 2 atom stereocenters. The maximum absolute atomic E-state index is 7.22. The molecule has 3 aliphatic rings. The lowest BCUT2D eigenvalue weighted by Crippen LogP contribution is -2.23. The van der Waals surface area contributed by atoms with Crippen LogP contribution in [0.4, 0.5) is 0 Å². The van der Waals surface area contributed by atoms with Crippen LogP contribution in [-0.4, -0.2) is 76.1 Å². The van der Waals surface area contributed by atoms with Crippen LogP contribution in [0.25, 0.3) is 0 Å². The molecule has 0 spiro atoms. The van der Waals surface area contributed by atoms with Gasteiger partial charge in [-0.3, -0.25) is 0 Å². The summed E-state index contributed by atoms with van der Waals surface area (Å²) in [5, 5.41) is 1.71. The molecule has 4 aromatic rings. The lowest BCUT2D eigenvalue weighted by Gasteiger charge is -2.29. The Morgan fingerprint density at radius 2 is 0.618 bits per heavy atom. The van der Waals surface area contributed by atoms with Crippen molar-refractivity contribution >= 4 is 31.9 Å². The third kappa shape index (κ3) is 17.0. The lowest BCUT2D eigenvalue weighted by atomic mass is 9.79. The molecule has 2 heterocycles. The standard InChI is InChI=1S/C66H94Br2O8/c1-63(2,3)53-37-45-33-49-41-55(65(7,8)9)43-51(61(49)75-31-19-29-71-57-21-13-15-25-69-57)35-47-39-54(64(4,5)6)40-48(60(47)74-28-18-24-68)36-52-44-56(66(10,11)12)42-50(34-46(38-53)59(45)73-27-17-23-67)62(52)76-32-20-30-72-58-22-14-16-26-70-58/h37-44,57-58H,13-36H2,1-12H3. The van der Waals surface area contributed by atoms with E-state index in [-0.39, 0.29) is 34.2 Å². The summed E-state index contributed by atoms with van der Waals surface area (Å²) in [6.07, 6.45) is 11.8. The average Bonchev–Trinajstić information content (AvgIpc) is 3.35. The van der Waals surface area contributed by atoms with Gasteiger partial charge in [0.1, 0.15) is 23.0 Å². The second-order valence-electron chi connectivity index (χ2n) is 25.7. The van der Waals surface area contributed by atoms with E-state index in [1.54, 1.807) is 0 Å². The molecule has 420 valence electrons. The summed E-state index contributed by atoms with van der Waals surface area (Å²) in [6.45, 7) is 32.8. The third-order valence-corrected chi connectivity index (χ3v) is 16.1. The van der Waals surface area contributed by atoms with E-state index >= 15 is 0 Å². The molecule has 0 N–H and O–H groups in total. The van der Waals surface area contributed by atoms with Crippen LogP contribution in [-0.2, 0) is 66.3 Å². The fraction of sp³-hybridized carbons (Fsp3) is 0.636. The third-order valence-electron chi connectivity index (χ3n) is 15.0. The van der Waals surface area contributed by atoms with Crippen molar-refractivity contribution in [3.63, 3.8) is 0 Å². The zero-order valence-corrected chi connectivity index (χ0v) is 51.9. The van der Waals surface area contributed by atoms with Gasteiger partial charge in [-0.1, -0.05) is 163 Å². The molecular formula is C66H94Br2O8. The van der Waals surface area contributed by atoms with Crippen LogP contribution >= 0.6 is 31.9 Å². The minimum atomic E-state index is -0.142. The van der Waals surface area contributed by atoms with Crippen LogP contribution in [0.3, 0.4) is 0 Å². The molecule has 0 amide bonds. The second-order valence-corrected chi connectivity index (χ2v) is 27.3. The number of hydrogen-bond donors (Lipinski definition) is 0. The highest BCUT2D eigenvalue weighted by Gasteiger charge is 2.30. The first-order chi connectivity index (χ1) is 36.1. The highest BCUT2D eigenvalue weighted by atomic mass is 79.9. The first-order valence-electron chi connectivity index (χ1n) is 28.9. The van der Waals surface area contributed by atoms with Gasteiger partial charge in [-0.05, 0) is 140 Å². The Bertz CT molecular complexity index is 2220. The van der Waals surface area contributed by atoms with Crippen molar-refractivity contribution in [3.8, 4) is 23.0 Å². The molecule has 2 saturated heterocycles. The molecule has 0 radical (unpaired) electrons. The molecule has 10 heteroatoms. The number of rotatable bonds is 20. The van der Waals surface area contributed by atoms with Crippen LogP contribution in [0, 0.1) is 0 Å². The van der Waals surface area contributed by atoms with Crippen molar-refractivity contribution < 1.29 is 37.9 Å². The molecule has 2 aliphatic heterocycles. The summed E-state index contributed by atoms with van der Waals surface area (Å²) in [5.74, 6) is 3.78. The van der Waals surface area contributed by atoms with E-state index in [2.05, 4.69) is 163 Å². The van der Waals surface area contributed by atoms with E-state index < -0.39 is 0 Å². The van der Waals surface area contributed by atoms with Crippen molar-refractivity contribution in [3.05, 3.63) is 115 Å². The summed E-state index contributed by atoms with van der Waals surface area (Å²) >= 11 is 7.45. The molecule has 8 bridgehead atoms. The smallest absolute Gasteiger partial charge is 0.157 e. The molecule has 7 rings (SSSR count). The van der Waals surface area contributed by atoms with Crippen LogP contribution in [0.15, 0.2) is 48.5 Å². The van der Waals surface area contributed by atoms with Crippen LogP contribution in [0.2, 0.25) is 0 Å². The highest BCUT2D eigenvalue weighted by Crippen LogP contribution is 2.45. The summed E-state index contributed by atoms with van der Waals surface area (Å²) in [4.78, 5) is 0. The molecule has 4 aromatic carbocycles. The number of halogens is 2. The quantitative estimate of drug-likeness (QED) is 0.0564. The predicted octanol–water partition coefficient (Wildman–Crippen LogP) is 16.5. The molecule has 1 aliphatic carbocycles. The topological polar surface area (TPSA) is 73.8 Å². The van der Waals surface area contributed by atoms with Crippen molar-refractivity contribution in [1.29, 1.82) is 0 Å². The fourth-order valence-corrected chi connectivity index (χ4v) is 10.9. The Morgan fingerprint density at radius 3 is 0.829 bits per heavy atom. The van der Waals surface area contributed by atoms with Crippen molar-refractivity contribution in [2.24, 2.45) is 0 Å². The second kappa shape index (κ2) is 27.4. The van der Waals surface area contributed by atoms with Crippen LogP contribution < -0.4 is 18.9 Å². The predicted molar refractivity (Wildman–Crippen MR) is 319 cm³/mol. The van der Waals surface area contributed by atoms with Gasteiger partial charge in [-0.2, -0.15) is 0 Å². The number of benzene rings is 4. The SMILES string of the molecule is CC(C)(C)c1cc2c(OCCCBr)c(c1)Cc1cc(C(C)(C)C)cc(c1OCCCOC1CCCCO1)Cc1cc(C(C)(C)C)cc(c1OCCCBr)Cc1cc(C(C)(C)C)cc(c1OCCCOC1CCCCO1)C2. The van der Waals surface area contributed by atoms with Gasteiger partial charge >= 0.3 is 0 Å². The summed E-state index contributed by atoms with van der Waals surface area (Å²) in [6, 6.07) is 19.3. The summed E-state index contributed by atoms with van der Waals surface area (Å²) in [7, 11) is 0. The van der Waals surface area contributed by atoms with Crippen LogP contribution in [0.1, 0.15) is 214 Å². The first-order valence-corrected chi connectivity index (χ1v) is 31.1. The average molecular weight is 1180 g/mol. The summed E-state index contributed by atoms with van der Waals surface area (Å²) in [5.41, 5.74) is 13.8. The van der Waals surface area contributed by atoms with Crippen molar-refractivity contribution in [1.82, 2.24) is 0 Å². The normalized spacial score (nSPS) is 17.6. The lowest BCUT2D eigenvalue weighted by molar-refractivity contribution is -0.163. The van der Waals surface area contributed by atoms with Gasteiger partial charge in [-0.25, -0.2) is 0 Å². The van der Waals surface area contributed by atoms with E-state index in [0.29, 0.717) is 65.3 Å². The zero-order chi connectivity index (χ0) is 54.7. The maximum Gasteiger partial charge on any atom is 0.157 e. The first kappa shape index (κ1) is 60.5. The Hall–Kier alpha value is -3.12. The van der Waals surface area contributed by atoms with Gasteiger partial charge in [0.25, 0.3) is 0 Å². The van der Waals surface area contributed by atoms with Crippen molar-refractivity contribution in [2.45, 2.75) is 207 Å². The van der Waals surface area contributed by atoms with Gasteiger partial charge in [-0.15, -0.1) is 0 Å². The maximum atomic E-state index is 7.22. The minimum absolute atomic E-state index is 0.136.